The molecule has 2 aromatic rings. The highest BCUT2D eigenvalue weighted by atomic mass is 32.1. The zero-order valence-corrected chi connectivity index (χ0v) is 11.1. The summed E-state index contributed by atoms with van der Waals surface area (Å²) in [6.07, 6.45) is 0. The fraction of sp³-hybridized carbons (Fsp3) is 0.231. The Morgan fingerprint density at radius 1 is 1.32 bits per heavy atom. The van der Waals surface area contributed by atoms with Crippen molar-refractivity contribution >= 4 is 17.1 Å². The Balaban J connectivity index is 2.27. The van der Waals surface area contributed by atoms with Crippen molar-refractivity contribution in [1.29, 1.82) is 0 Å². The van der Waals surface area contributed by atoms with Gasteiger partial charge in [0.2, 0.25) is 0 Å². The van der Waals surface area contributed by atoms with Gasteiger partial charge in [-0.15, -0.1) is 11.3 Å². The van der Waals surface area contributed by atoms with Crippen LogP contribution in [-0.4, -0.2) is 17.4 Å². The second kappa shape index (κ2) is 5.44. The van der Waals surface area contributed by atoms with Crippen LogP contribution in [0.15, 0.2) is 24.3 Å². The number of ether oxygens (including phenoxy) is 1. The number of thiazole rings is 1. The van der Waals surface area contributed by atoms with Crippen molar-refractivity contribution in [2.75, 3.05) is 0 Å². The van der Waals surface area contributed by atoms with Gasteiger partial charge in [0, 0.05) is 12.5 Å². The molecule has 100 valence electrons. The van der Waals surface area contributed by atoms with Crippen molar-refractivity contribution in [3.8, 4) is 16.3 Å². The van der Waals surface area contributed by atoms with Gasteiger partial charge < -0.3 is 4.74 Å². The van der Waals surface area contributed by atoms with Gasteiger partial charge in [-0.3, -0.25) is 4.79 Å². The molecule has 0 unspecified atom stereocenters. The Kier molecular flexibility index (Phi) is 3.90. The number of halogens is 2. The molecule has 19 heavy (non-hydrogen) atoms. The van der Waals surface area contributed by atoms with E-state index in [4.69, 9.17) is 0 Å². The fourth-order valence-electron chi connectivity index (χ4n) is 1.63. The SMILES string of the molecule is CC(=O)c1sc(-c2ccc(OC(F)F)cc2)nc1C. The van der Waals surface area contributed by atoms with Gasteiger partial charge in [0.05, 0.1) is 10.6 Å². The second-order valence-corrected chi connectivity index (χ2v) is 4.89. The summed E-state index contributed by atoms with van der Waals surface area (Å²) in [5, 5.41) is 0.686. The average Bonchev–Trinajstić information content (AvgIpc) is 2.71. The van der Waals surface area contributed by atoms with Crippen LogP contribution in [0.1, 0.15) is 22.3 Å². The molecule has 0 radical (unpaired) electrons. The molecular formula is C13H11F2NO2S. The lowest BCUT2D eigenvalue weighted by Crippen LogP contribution is -2.01. The van der Waals surface area contributed by atoms with Crippen LogP contribution in [0.25, 0.3) is 10.6 Å². The van der Waals surface area contributed by atoms with Crippen molar-refractivity contribution < 1.29 is 18.3 Å². The van der Waals surface area contributed by atoms with E-state index >= 15 is 0 Å². The van der Waals surface area contributed by atoms with E-state index in [9.17, 15) is 13.6 Å². The number of benzene rings is 1. The number of aryl methyl sites for hydroxylation is 1. The first-order valence-electron chi connectivity index (χ1n) is 5.51. The van der Waals surface area contributed by atoms with Crippen LogP contribution in [0.2, 0.25) is 0 Å². The molecule has 0 saturated carbocycles. The third kappa shape index (κ3) is 3.14. The summed E-state index contributed by atoms with van der Waals surface area (Å²) in [5.41, 5.74) is 1.45. The van der Waals surface area contributed by atoms with Gasteiger partial charge in [-0.2, -0.15) is 8.78 Å². The number of nitrogens with zero attached hydrogens (tertiary/aromatic N) is 1. The standard InChI is InChI=1S/C13H11F2NO2S/c1-7-11(8(2)17)19-12(16-7)9-3-5-10(6-4-9)18-13(14)15/h3-6,13H,1-2H3. The fourth-order valence-corrected chi connectivity index (χ4v) is 2.59. The topological polar surface area (TPSA) is 39.2 Å². The monoisotopic (exact) mass is 283 g/mol. The summed E-state index contributed by atoms with van der Waals surface area (Å²) in [5.74, 6) is 0.0673. The van der Waals surface area contributed by atoms with Crippen LogP contribution < -0.4 is 4.74 Å². The van der Waals surface area contributed by atoms with E-state index in [-0.39, 0.29) is 11.5 Å². The van der Waals surface area contributed by atoms with Gasteiger partial charge in [0.1, 0.15) is 10.8 Å². The molecule has 0 amide bonds. The van der Waals surface area contributed by atoms with Crippen LogP contribution >= 0.6 is 11.3 Å². The molecule has 0 aliphatic heterocycles. The Labute approximate surface area is 112 Å². The number of hydrogen-bond acceptors (Lipinski definition) is 4. The van der Waals surface area contributed by atoms with Gasteiger partial charge in [0.25, 0.3) is 0 Å². The molecule has 1 heterocycles. The van der Waals surface area contributed by atoms with Crippen LogP contribution in [0.5, 0.6) is 5.75 Å². The molecule has 0 fully saturated rings. The summed E-state index contributed by atoms with van der Waals surface area (Å²) in [7, 11) is 0. The molecule has 0 spiro atoms. The van der Waals surface area contributed by atoms with Crippen molar-refractivity contribution in [2.45, 2.75) is 20.5 Å². The molecule has 0 N–H and O–H groups in total. The maximum absolute atomic E-state index is 12.0. The van der Waals surface area contributed by atoms with Crippen LogP contribution in [0, 0.1) is 6.92 Å². The number of hydrogen-bond donors (Lipinski definition) is 0. The smallest absolute Gasteiger partial charge is 0.387 e. The quantitative estimate of drug-likeness (QED) is 0.798. The van der Waals surface area contributed by atoms with Gasteiger partial charge in [0.15, 0.2) is 5.78 Å². The molecule has 0 bridgehead atoms. The molecule has 0 aliphatic rings. The number of rotatable bonds is 4. The highest BCUT2D eigenvalue weighted by molar-refractivity contribution is 7.17. The third-order valence-electron chi connectivity index (χ3n) is 2.44. The van der Waals surface area contributed by atoms with E-state index < -0.39 is 6.61 Å². The summed E-state index contributed by atoms with van der Waals surface area (Å²) in [6.45, 7) is 0.423. The van der Waals surface area contributed by atoms with Crippen molar-refractivity contribution in [1.82, 2.24) is 4.98 Å². The Morgan fingerprint density at radius 2 is 1.95 bits per heavy atom. The first kappa shape index (κ1) is 13.6. The molecular weight excluding hydrogens is 272 g/mol. The van der Waals surface area contributed by atoms with E-state index in [0.29, 0.717) is 15.6 Å². The summed E-state index contributed by atoms with van der Waals surface area (Å²) < 4.78 is 28.3. The summed E-state index contributed by atoms with van der Waals surface area (Å²) >= 11 is 1.29. The van der Waals surface area contributed by atoms with Gasteiger partial charge >= 0.3 is 6.61 Å². The maximum atomic E-state index is 12.0. The average molecular weight is 283 g/mol. The number of carbonyl (C=O) groups is 1. The molecule has 1 aromatic carbocycles. The first-order chi connectivity index (χ1) is 8.97. The predicted octanol–water partition coefficient (Wildman–Crippen LogP) is 3.92. The first-order valence-corrected chi connectivity index (χ1v) is 6.32. The van der Waals surface area contributed by atoms with Crippen LogP contribution in [0.4, 0.5) is 8.78 Å². The Morgan fingerprint density at radius 3 is 2.42 bits per heavy atom. The van der Waals surface area contributed by atoms with Crippen molar-refractivity contribution in [3.63, 3.8) is 0 Å². The van der Waals surface area contributed by atoms with E-state index in [0.717, 1.165) is 5.56 Å². The van der Waals surface area contributed by atoms with E-state index in [1.165, 1.54) is 30.4 Å². The molecule has 6 heteroatoms. The third-order valence-corrected chi connectivity index (χ3v) is 3.75. The molecule has 0 atom stereocenters. The molecule has 1 aromatic heterocycles. The second-order valence-electron chi connectivity index (χ2n) is 3.89. The normalized spacial score (nSPS) is 10.8. The van der Waals surface area contributed by atoms with E-state index in [1.807, 2.05) is 0 Å². The van der Waals surface area contributed by atoms with Crippen molar-refractivity contribution in [3.05, 3.63) is 34.8 Å². The van der Waals surface area contributed by atoms with Crippen molar-refractivity contribution in [2.24, 2.45) is 0 Å². The summed E-state index contributed by atoms with van der Waals surface area (Å²) in [4.78, 5) is 16.3. The van der Waals surface area contributed by atoms with Gasteiger partial charge in [-0.25, -0.2) is 4.98 Å². The largest absolute Gasteiger partial charge is 0.435 e. The minimum Gasteiger partial charge on any atom is -0.435 e. The maximum Gasteiger partial charge on any atom is 0.387 e. The minimum absolute atomic E-state index is 0.0288. The number of aromatic nitrogens is 1. The van der Waals surface area contributed by atoms with Gasteiger partial charge in [-0.1, -0.05) is 0 Å². The number of alkyl halides is 2. The predicted molar refractivity (Wildman–Crippen MR) is 68.9 cm³/mol. The lowest BCUT2D eigenvalue weighted by Gasteiger charge is -2.04. The number of carbonyl (C=O) groups excluding carboxylic acids is 1. The lowest BCUT2D eigenvalue weighted by atomic mass is 10.2. The van der Waals surface area contributed by atoms with Crippen LogP contribution in [0.3, 0.4) is 0 Å². The lowest BCUT2D eigenvalue weighted by molar-refractivity contribution is -0.0498. The Bertz CT molecular complexity index is 593. The van der Waals surface area contributed by atoms with Gasteiger partial charge in [-0.05, 0) is 31.2 Å². The van der Waals surface area contributed by atoms with E-state index in [2.05, 4.69) is 9.72 Å². The number of ketones is 1. The molecule has 3 nitrogen and oxygen atoms in total. The molecule has 0 aliphatic carbocycles. The minimum atomic E-state index is -2.84. The zero-order chi connectivity index (χ0) is 14.0. The highest BCUT2D eigenvalue weighted by Crippen LogP contribution is 2.29. The zero-order valence-electron chi connectivity index (χ0n) is 10.3. The summed E-state index contributed by atoms with van der Waals surface area (Å²) in [6, 6.07) is 6.18. The molecule has 2 rings (SSSR count). The molecule has 0 saturated heterocycles. The van der Waals surface area contributed by atoms with Crippen LogP contribution in [-0.2, 0) is 0 Å². The number of Topliss-reactive ketones (excluding diaryl/α,β-unsaturated/α-hetero) is 1. The highest BCUT2D eigenvalue weighted by Gasteiger charge is 2.13. The van der Waals surface area contributed by atoms with E-state index in [1.54, 1.807) is 19.1 Å². The Hall–Kier alpha value is -1.82.